The highest BCUT2D eigenvalue weighted by Crippen LogP contribution is 2.36. The maximum Gasteiger partial charge on any atom is 0.284 e. The predicted octanol–water partition coefficient (Wildman–Crippen LogP) is 5.05. The number of carbonyl (C=O) groups is 1. The molecule has 7 heteroatoms. The van der Waals surface area contributed by atoms with E-state index in [0.717, 1.165) is 10.6 Å². The fourth-order valence-corrected chi connectivity index (χ4v) is 4.06. The normalized spacial score (nSPS) is 17.5. The van der Waals surface area contributed by atoms with E-state index in [0.29, 0.717) is 22.3 Å². The second kappa shape index (κ2) is 5.96. The van der Waals surface area contributed by atoms with Crippen molar-refractivity contribution >= 4 is 45.9 Å². The lowest BCUT2D eigenvalue weighted by atomic mass is 10.1. The molecule has 0 fully saturated rings. The summed E-state index contributed by atoms with van der Waals surface area (Å²) in [6.07, 6.45) is 0.613. The van der Waals surface area contributed by atoms with Gasteiger partial charge in [-0.15, -0.1) is 22.7 Å². The number of hydrogen-bond donors (Lipinski definition) is 0. The first kappa shape index (κ1) is 14.7. The first-order valence-electron chi connectivity index (χ1n) is 6.96. The van der Waals surface area contributed by atoms with Gasteiger partial charge in [0.25, 0.3) is 5.91 Å². The second-order valence-corrected chi connectivity index (χ2v) is 7.28. The number of carbonyl (C=O) groups excluding carboxylic acids is 1. The van der Waals surface area contributed by atoms with Crippen LogP contribution in [-0.2, 0) is 0 Å². The lowest BCUT2D eigenvalue weighted by Gasteiger charge is -2.19. The van der Waals surface area contributed by atoms with E-state index in [9.17, 15) is 4.79 Å². The standard InChI is InChI=1S/C16H11ClN2O2S2/c17-15-6-5-12(21-15)11-9-10(13-3-1-7-22-13)18-19(11)16(20)14-4-2-8-23-14/h1-8,11H,9H2. The zero-order valence-corrected chi connectivity index (χ0v) is 14.2. The number of hydrogen-bond acceptors (Lipinski definition) is 5. The molecule has 3 aromatic rings. The van der Waals surface area contributed by atoms with Crippen LogP contribution >= 0.6 is 34.3 Å². The molecule has 4 nitrogen and oxygen atoms in total. The van der Waals surface area contributed by atoms with Crippen molar-refractivity contribution in [2.45, 2.75) is 12.5 Å². The average Bonchev–Trinajstić information content (AvgIpc) is 3.31. The van der Waals surface area contributed by atoms with E-state index in [1.165, 1.54) is 16.3 Å². The lowest BCUT2D eigenvalue weighted by Crippen LogP contribution is -2.26. The van der Waals surface area contributed by atoms with Crippen molar-refractivity contribution in [1.82, 2.24) is 5.01 Å². The van der Waals surface area contributed by atoms with Gasteiger partial charge in [0.05, 0.1) is 15.5 Å². The molecule has 0 spiro atoms. The third kappa shape index (κ3) is 2.73. The summed E-state index contributed by atoms with van der Waals surface area (Å²) in [4.78, 5) is 14.5. The number of thiophene rings is 2. The molecule has 4 heterocycles. The quantitative estimate of drug-likeness (QED) is 0.654. The van der Waals surface area contributed by atoms with Crippen LogP contribution in [-0.4, -0.2) is 16.6 Å². The highest BCUT2D eigenvalue weighted by molar-refractivity contribution is 7.12. The van der Waals surface area contributed by atoms with E-state index < -0.39 is 0 Å². The summed E-state index contributed by atoms with van der Waals surface area (Å²) < 4.78 is 5.54. The van der Waals surface area contributed by atoms with E-state index in [-0.39, 0.29) is 11.9 Å². The van der Waals surface area contributed by atoms with Crippen LogP contribution in [0.5, 0.6) is 0 Å². The van der Waals surface area contributed by atoms with Gasteiger partial charge in [0.15, 0.2) is 5.22 Å². The Morgan fingerprint density at radius 3 is 2.70 bits per heavy atom. The third-order valence-electron chi connectivity index (χ3n) is 3.58. The van der Waals surface area contributed by atoms with E-state index in [1.807, 2.05) is 29.0 Å². The van der Waals surface area contributed by atoms with Crippen molar-refractivity contribution in [2.75, 3.05) is 0 Å². The van der Waals surface area contributed by atoms with Gasteiger partial charge >= 0.3 is 0 Å². The zero-order chi connectivity index (χ0) is 15.8. The molecule has 0 N–H and O–H groups in total. The molecule has 0 aromatic carbocycles. The molecule has 23 heavy (non-hydrogen) atoms. The van der Waals surface area contributed by atoms with Crippen LogP contribution in [0.25, 0.3) is 0 Å². The fraction of sp³-hybridized carbons (Fsp3) is 0.125. The SMILES string of the molecule is O=C(c1cccs1)N1N=C(c2cccs2)CC1c1ccc(Cl)o1. The van der Waals surface area contributed by atoms with E-state index in [1.54, 1.807) is 29.5 Å². The molecule has 0 saturated heterocycles. The highest BCUT2D eigenvalue weighted by Gasteiger charge is 2.36. The van der Waals surface area contributed by atoms with Crippen molar-refractivity contribution in [3.8, 4) is 0 Å². The highest BCUT2D eigenvalue weighted by atomic mass is 35.5. The van der Waals surface area contributed by atoms with E-state index >= 15 is 0 Å². The Balaban J connectivity index is 1.72. The van der Waals surface area contributed by atoms with Gasteiger partial charge in [0.1, 0.15) is 11.8 Å². The third-order valence-corrected chi connectivity index (χ3v) is 5.56. The maximum absolute atomic E-state index is 12.8. The molecule has 3 aromatic heterocycles. The van der Waals surface area contributed by atoms with Gasteiger partial charge in [0, 0.05) is 6.42 Å². The molecule has 4 rings (SSSR count). The van der Waals surface area contributed by atoms with Crippen LogP contribution in [0.4, 0.5) is 0 Å². The number of amides is 1. The van der Waals surface area contributed by atoms with Gasteiger partial charge in [-0.1, -0.05) is 12.1 Å². The molecular formula is C16H11ClN2O2S2. The molecule has 1 atom stereocenters. The summed E-state index contributed by atoms with van der Waals surface area (Å²) in [6, 6.07) is 10.9. The maximum atomic E-state index is 12.8. The van der Waals surface area contributed by atoms with Crippen LogP contribution in [0, 0.1) is 0 Å². The number of halogens is 1. The molecular weight excluding hydrogens is 352 g/mol. The van der Waals surface area contributed by atoms with E-state index in [2.05, 4.69) is 5.10 Å². The molecule has 116 valence electrons. The monoisotopic (exact) mass is 362 g/mol. The van der Waals surface area contributed by atoms with Gasteiger partial charge in [-0.3, -0.25) is 4.79 Å². The summed E-state index contributed by atoms with van der Waals surface area (Å²) in [7, 11) is 0. The van der Waals surface area contributed by atoms with Gasteiger partial charge < -0.3 is 4.42 Å². The first-order chi connectivity index (χ1) is 11.2. The molecule has 0 aliphatic carbocycles. The topological polar surface area (TPSA) is 45.8 Å². The molecule has 1 aliphatic heterocycles. The zero-order valence-electron chi connectivity index (χ0n) is 11.8. The molecule has 1 amide bonds. The van der Waals surface area contributed by atoms with Crippen LogP contribution in [0.3, 0.4) is 0 Å². The summed E-state index contributed by atoms with van der Waals surface area (Å²) in [6.45, 7) is 0. The summed E-state index contributed by atoms with van der Waals surface area (Å²) in [5, 5.41) is 10.3. The Hall–Kier alpha value is -1.89. The largest absolute Gasteiger partial charge is 0.447 e. The van der Waals surface area contributed by atoms with Crippen molar-refractivity contribution < 1.29 is 9.21 Å². The van der Waals surface area contributed by atoms with Crippen LogP contribution in [0.1, 0.15) is 32.8 Å². The number of rotatable bonds is 3. The average molecular weight is 363 g/mol. The predicted molar refractivity (Wildman–Crippen MR) is 92.4 cm³/mol. The number of hydrazone groups is 1. The Morgan fingerprint density at radius 1 is 1.22 bits per heavy atom. The number of furan rings is 1. The van der Waals surface area contributed by atoms with Gasteiger partial charge in [-0.05, 0) is 46.6 Å². The van der Waals surface area contributed by atoms with Crippen molar-refractivity contribution in [1.29, 1.82) is 0 Å². The van der Waals surface area contributed by atoms with E-state index in [4.69, 9.17) is 16.0 Å². The minimum Gasteiger partial charge on any atom is -0.447 e. The van der Waals surface area contributed by atoms with Crippen molar-refractivity contribution in [3.63, 3.8) is 0 Å². The molecule has 0 bridgehead atoms. The molecule has 0 radical (unpaired) electrons. The molecule has 0 saturated carbocycles. The minimum absolute atomic E-state index is 0.121. The first-order valence-corrected chi connectivity index (χ1v) is 9.10. The Labute approximate surface area is 145 Å². The minimum atomic E-state index is -0.269. The van der Waals surface area contributed by atoms with Crippen molar-refractivity contribution in [2.24, 2.45) is 5.10 Å². The Kier molecular flexibility index (Phi) is 3.80. The molecule has 1 aliphatic rings. The summed E-state index contributed by atoms with van der Waals surface area (Å²) in [5.41, 5.74) is 0.891. The van der Waals surface area contributed by atoms with Crippen LogP contribution < -0.4 is 0 Å². The lowest BCUT2D eigenvalue weighted by molar-refractivity contribution is 0.0698. The van der Waals surface area contributed by atoms with Gasteiger partial charge in [0.2, 0.25) is 0 Å². The Bertz CT molecular complexity index is 853. The van der Waals surface area contributed by atoms with Crippen LogP contribution in [0.2, 0.25) is 5.22 Å². The van der Waals surface area contributed by atoms with Crippen molar-refractivity contribution in [3.05, 3.63) is 67.9 Å². The molecule has 1 unspecified atom stereocenters. The fourth-order valence-electron chi connectivity index (χ4n) is 2.53. The summed E-state index contributed by atoms with van der Waals surface area (Å²) in [5.74, 6) is 0.527. The second-order valence-electron chi connectivity index (χ2n) is 5.01. The van der Waals surface area contributed by atoms with Gasteiger partial charge in [-0.2, -0.15) is 5.10 Å². The Morgan fingerprint density at radius 2 is 2.04 bits per heavy atom. The van der Waals surface area contributed by atoms with Gasteiger partial charge in [-0.25, -0.2) is 5.01 Å². The smallest absolute Gasteiger partial charge is 0.284 e. The summed E-state index contributed by atoms with van der Waals surface area (Å²) >= 11 is 8.91. The van der Waals surface area contributed by atoms with Crippen LogP contribution in [0.15, 0.2) is 56.7 Å². The number of nitrogens with zero attached hydrogens (tertiary/aromatic N) is 2.